The van der Waals surface area contributed by atoms with Crippen LogP contribution < -0.4 is 5.32 Å². The maximum atomic E-state index is 12.0. The van der Waals surface area contributed by atoms with Gasteiger partial charge in [-0.2, -0.15) is 13.2 Å². The molecule has 3 nitrogen and oxygen atoms in total. The lowest BCUT2D eigenvalue weighted by atomic mass is 10.5. The summed E-state index contributed by atoms with van der Waals surface area (Å²) in [5.41, 5.74) is 0.716. The number of alkyl halides is 3. The van der Waals surface area contributed by atoms with Crippen LogP contribution in [0.1, 0.15) is 19.0 Å². The second-order valence-electron chi connectivity index (χ2n) is 3.37. The first kappa shape index (κ1) is 11.9. The van der Waals surface area contributed by atoms with Gasteiger partial charge in [0.1, 0.15) is 6.54 Å². The van der Waals surface area contributed by atoms with E-state index in [1.807, 2.05) is 6.92 Å². The fourth-order valence-electron chi connectivity index (χ4n) is 1.28. The minimum absolute atomic E-state index is 0.284. The van der Waals surface area contributed by atoms with Crippen LogP contribution in [0.5, 0.6) is 0 Å². The molecule has 15 heavy (non-hydrogen) atoms. The SMILES string of the molecule is CCCn1cc(C)nc1NCC(F)(F)F. The summed E-state index contributed by atoms with van der Waals surface area (Å²) in [4.78, 5) is 3.98. The fourth-order valence-corrected chi connectivity index (χ4v) is 1.28. The number of aryl methyl sites for hydroxylation is 2. The molecule has 0 saturated heterocycles. The molecule has 1 heterocycles. The van der Waals surface area contributed by atoms with Crippen LogP contribution >= 0.6 is 0 Å². The minimum atomic E-state index is -4.21. The maximum absolute atomic E-state index is 12.0. The Morgan fingerprint density at radius 2 is 2.13 bits per heavy atom. The van der Waals surface area contributed by atoms with Gasteiger partial charge in [0.15, 0.2) is 0 Å². The standard InChI is InChI=1S/C9H14F3N3/c1-3-4-15-5-7(2)14-8(15)13-6-9(10,11)12/h5H,3-4,6H2,1-2H3,(H,13,14). The third kappa shape index (κ3) is 3.81. The van der Waals surface area contributed by atoms with E-state index in [0.29, 0.717) is 12.2 Å². The van der Waals surface area contributed by atoms with Crippen molar-refractivity contribution in [1.29, 1.82) is 0 Å². The molecular weight excluding hydrogens is 207 g/mol. The number of hydrogen-bond acceptors (Lipinski definition) is 2. The van der Waals surface area contributed by atoms with Crippen LogP contribution in [0, 0.1) is 6.92 Å². The Hall–Kier alpha value is -1.20. The van der Waals surface area contributed by atoms with Gasteiger partial charge in [-0.25, -0.2) is 4.98 Å². The molecule has 0 bridgehead atoms. The summed E-state index contributed by atoms with van der Waals surface area (Å²) in [5.74, 6) is 0.284. The Morgan fingerprint density at radius 1 is 1.47 bits per heavy atom. The van der Waals surface area contributed by atoms with Crippen LogP contribution in [-0.4, -0.2) is 22.3 Å². The predicted molar refractivity (Wildman–Crippen MR) is 51.8 cm³/mol. The van der Waals surface area contributed by atoms with Gasteiger partial charge in [0.05, 0.1) is 5.69 Å². The molecule has 0 aliphatic rings. The molecule has 0 atom stereocenters. The van der Waals surface area contributed by atoms with Gasteiger partial charge in [-0.05, 0) is 13.3 Å². The quantitative estimate of drug-likeness (QED) is 0.846. The molecule has 1 N–H and O–H groups in total. The van der Waals surface area contributed by atoms with E-state index in [9.17, 15) is 13.2 Å². The fraction of sp³-hybridized carbons (Fsp3) is 0.667. The second kappa shape index (κ2) is 4.55. The van der Waals surface area contributed by atoms with Crippen molar-refractivity contribution in [2.75, 3.05) is 11.9 Å². The van der Waals surface area contributed by atoms with Crippen molar-refractivity contribution in [3.63, 3.8) is 0 Å². The molecule has 0 saturated carbocycles. The lowest BCUT2D eigenvalue weighted by molar-refractivity contribution is -0.115. The maximum Gasteiger partial charge on any atom is 0.405 e. The molecule has 0 aliphatic heterocycles. The molecule has 0 spiro atoms. The van der Waals surface area contributed by atoms with Crippen molar-refractivity contribution in [3.05, 3.63) is 11.9 Å². The highest BCUT2D eigenvalue weighted by Crippen LogP contribution is 2.16. The Kier molecular flexibility index (Phi) is 3.60. The zero-order valence-corrected chi connectivity index (χ0v) is 8.73. The van der Waals surface area contributed by atoms with E-state index in [0.717, 1.165) is 6.42 Å². The normalized spacial score (nSPS) is 11.8. The van der Waals surface area contributed by atoms with Gasteiger partial charge in [0, 0.05) is 12.7 Å². The first-order valence-corrected chi connectivity index (χ1v) is 4.77. The van der Waals surface area contributed by atoms with E-state index in [-0.39, 0.29) is 5.95 Å². The van der Waals surface area contributed by atoms with Gasteiger partial charge in [0.25, 0.3) is 0 Å². The monoisotopic (exact) mass is 221 g/mol. The third-order valence-electron chi connectivity index (χ3n) is 1.81. The molecule has 0 aromatic carbocycles. The van der Waals surface area contributed by atoms with Gasteiger partial charge < -0.3 is 9.88 Å². The van der Waals surface area contributed by atoms with Gasteiger partial charge in [-0.15, -0.1) is 0 Å². The Labute approximate surface area is 86.3 Å². The average molecular weight is 221 g/mol. The summed E-state index contributed by atoms with van der Waals surface area (Å²) in [6.07, 6.45) is -1.62. The average Bonchev–Trinajstić information content (AvgIpc) is 2.42. The molecule has 1 aromatic rings. The Balaban J connectivity index is 2.67. The third-order valence-corrected chi connectivity index (χ3v) is 1.81. The highest BCUT2D eigenvalue weighted by molar-refractivity contribution is 5.28. The van der Waals surface area contributed by atoms with Crippen LogP contribution in [-0.2, 0) is 6.54 Å². The molecule has 86 valence electrons. The van der Waals surface area contributed by atoms with E-state index in [4.69, 9.17) is 0 Å². The predicted octanol–water partition coefficient (Wildman–Crippen LogP) is 2.58. The van der Waals surface area contributed by atoms with Gasteiger partial charge in [0.2, 0.25) is 5.95 Å². The summed E-state index contributed by atoms with van der Waals surface area (Å²) in [6.45, 7) is 3.34. The van der Waals surface area contributed by atoms with Crippen molar-refractivity contribution in [3.8, 4) is 0 Å². The van der Waals surface area contributed by atoms with Crippen molar-refractivity contribution in [2.45, 2.75) is 33.0 Å². The van der Waals surface area contributed by atoms with Crippen molar-refractivity contribution >= 4 is 5.95 Å². The van der Waals surface area contributed by atoms with E-state index in [2.05, 4.69) is 10.3 Å². The van der Waals surface area contributed by atoms with Gasteiger partial charge >= 0.3 is 6.18 Å². The zero-order chi connectivity index (χ0) is 11.5. The molecule has 0 radical (unpaired) electrons. The van der Waals surface area contributed by atoms with Gasteiger partial charge in [-0.1, -0.05) is 6.92 Å². The van der Waals surface area contributed by atoms with E-state index in [1.54, 1.807) is 17.7 Å². The molecular formula is C9H14F3N3. The largest absolute Gasteiger partial charge is 0.405 e. The number of rotatable bonds is 4. The molecule has 0 fully saturated rings. The molecule has 0 amide bonds. The van der Waals surface area contributed by atoms with Crippen molar-refractivity contribution in [1.82, 2.24) is 9.55 Å². The van der Waals surface area contributed by atoms with Crippen LogP contribution in [0.25, 0.3) is 0 Å². The molecule has 1 rings (SSSR count). The first-order chi connectivity index (χ1) is 6.92. The highest BCUT2D eigenvalue weighted by atomic mass is 19.4. The summed E-state index contributed by atoms with van der Waals surface area (Å²) in [7, 11) is 0. The highest BCUT2D eigenvalue weighted by Gasteiger charge is 2.27. The van der Waals surface area contributed by atoms with E-state index in [1.165, 1.54) is 0 Å². The number of aromatic nitrogens is 2. The summed E-state index contributed by atoms with van der Waals surface area (Å²) in [5, 5.41) is 2.29. The number of nitrogens with one attached hydrogen (secondary N) is 1. The van der Waals surface area contributed by atoms with Crippen LogP contribution in [0.2, 0.25) is 0 Å². The molecule has 6 heteroatoms. The first-order valence-electron chi connectivity index (χ1n) is 4.77. The minimum Gasteiger partial charge on any atom is -0.347 e. The van der Waals surface area contributed by atoms with Crippen molar-refractivity contribution in [2.24, 2.45) is 0 Å². The van der Waals surface area contributed by atoms with Crippen LogP contribution in [0.15, 0.2) is 6.20 Å². The molecule has 1 aromatic heterocycles. The van der Waals surface area contributed by atoms with Gasteiger partial charge in [-0.3, -0.25) is 0 Å². The van der Waals surface area contributed by atoms with Crippen LogP contribution in [0.4, 0.5) is 19.1 Å². The van der Waals surface area contributed by atoms with E-state index < -0.39 is 12.7 Å². The number of nitrogens with zero attached hydrogens (tertiary/aromatic N) is 2. The Bertz CT molecular complexity index is 317. The number of imidazole rings is 1. The lowest BCUT2D eigenvalue weighted by Crippen LogP contribution is -2.23. The summed E-state index contributed by atoms with van der Waals surface area (Å²) < 4.78 is 37.6. The second-order valence-corrected chi connectivity index (χ2v) is 3.37. The molecule has 0 aliphatic carbocycles. The number of halogens is 3. The summed E-state index contributed by atoms with van der Waals surface area (Å²) >= 11 is 0. The summed E-state index contributed by atoms with van der Waals surface area (Å²) in [6, 6.07) is 0. The van der Waals surface area contributed by atoms with Crippen molar-refractivity contribution < 1.29 is 13.2 Å². The topological polar surface area (TPSA) is 29.9 Å². The number of anilines is 1. The lowest BCUT2D eigenvalue weighted by Gasteiger charge is -2.10. The van der Waals surface area contributed by atoms with E-state index >= 15 is 0 Å². The zero-order valence-electron chi connectivity index (χ0n) is 8.73. The Morgan fingerprint density at radius 3 is 2.67 bits per heavy atom. The van der Waals surface area contributed by atoms with Crippen LogP contribution in [0.3, 0.4) is 0 Å². The molecule has 0 unspecified atom stereocenters. The number of hydrogen-bond donors (Lipinski definition) is 1. The smallest absolute Gasteiger partial charge is 0.347 e.